The van der Waals surface area contributed by atoms with Gasteiger partial charge in [-0.25, -0.2) is 4.98 Å². The maximum Gasteiger partial charge on any atom is 0.111 e. The molecule has 2 aromatic rings. The lowest BCUT2D eigenvalue weighted by Gasteiger charge is -2.11. The molecule has 102 valence electrons. The molecule has 0 bridgehead atoms. The molecule has 3 rings (SSSR count). The molecule has 0 radical (unpaired) electrons. The van der Waals surface area contributed by atoms with E-state index in [9.17, 15) is 0 Å². The molecule has 2 heterocycles. The summed E-state index contributed by atoms with van der Waals surface area (Å²) in [7, 11) is 0. The van der Waals surface area contributed by atoms with Gasteiger partial charge in [-0.3, -0.25) is 0 Å². The first-order valence-corrected chi connectivity index (χ1v) is 8.29. The predicted molar refractivity (Wildman–Crippen MR) is 82.8 cm³/mol. The van der Waals surface area contributed by atoms with Crippen molar-refractivity contribution >= 4 is 22.8 Å². The van der Waals surface area contributed by atoms with E-state index in [4.69, 9.17) is 4.98 Å². The summed E-state index contributed by atoms with van der Waals surface area (Å²) < 4.78 is 2.33. The van der Waals surface area contributed by atoms with Crippen LogP contribution in [0.4, 0.5) is 0 Å². The van der Waals surface area contributed by atoms with Gasteiger partial charge in [0.2, 0.25) is 0 Å². The van der Waals surface area contributed by atoms with E-state index in [1.165, 1.54) is 29.3 Å². The third-order valence-corrected chi connectivity index (χ3v) is 4.92. The summed E-state index contributed by atoms with van der Waals surface area (Å²) in [4.78, 5) is 4.77. The molecule has 19 heavy (non-hydrogen) atoms. The third kappa shape index (κ3) is 2.79. The zero-order valence-electron chi connectivity index (χ0n) is 11.4. The van der Waals surface area contributed by atoms with E-state index in [2.05, 4.69) is 52.8 Å². The molecule has 4 heteroatoms. The lowest BCUT2D eigenvalue weighted by molar-refractivity contribution is 0.548. The fourth-order valence-corrected chi connectivity index (χ4v) is 3.94. The van der Waals surface area contributed by atoms with Crippen molar-refractivity contribution in [2.45, 2.75) is 32.4 Å². The lowest BCUT2D eigenvalue weighted by Crippen LogP contribution is -2.30. The second-order valence-corrected chi connectivity index (χ2v) is 6.18. The number of aryl methyl sites for hydroxylation is 1. The van der Waals surface area contributed by atoms with Crippen LogP contribution in [-0.2, 0) is 13.0 Å². The van der Waals surface area contributed by atoms with Crippen LogP contribution in [0.2, 0.25) is 0 Å². The summed E-state index contributed by atoms with van der Waals surface area (Å²) >= 11 is 2.06. The molecule has 1 aliphatic heterocycles. The molecule has 1 saturated heterocycles. The van der Waals surface area contributed by atoms with Gasteiger partial charge in [-0.2, -0.15) is 11.8 Å². The van der Waals surface area contributed by atoms with Gasteiger partial charge in [-0.15, -0.1) is 0 Å². The molecule has 0 amide bonds. The van der Waals surface area contributed by atoms with Crippen molar-refractivity contribution in [2.75, 3.05) is 18.1 Å². The monoisotopic (exact) mass is 275 g/mol. The van der Waals surface area contributed by atoms with E-state index in [1.807, 2.05) is 0 Å². The number of thioether (sulfide) groups is 1. The Labute approximate surface area is 118 Å². The van der Waals surface area contributed by atoms with Gasteiger partial charge in [0.25, 0.3) is 0 Å². The summed E-state index contributed by atoms with van der Waals surface area (Å²) in [6.45, 7) is 4.22. The minimum atomic E-state index is 0.712. The summed E-state index contributed by atoms with van der Waals surface area (Å²) in [5.74, 6) is 3.79. The van der Waals surface area contributed by atoms with Gasteiger partial charge >= 0.3 is 0 Å². The third-order valence-electron chi connectivity index (χ3n) is 3.76. The Balaban J connectivity index is 1.69. The van der Waals surface area contributed by atoms with Crippen LogP contribution < -0.4 is 5.32 Å². The smallest absolute Gasteiger partial charge is 0.111 e. The molecule has 3 nitrogen and oxygen atoms in total. The van der Waals surface area contributed by atoms with Crippen molar-refractivity contribution in [1.29, 1.82) is 0 Å². The van der Waals surface area contributed by atoms with Gasteiger partial charge in [0.15, 0.2) is 0 Å². The Morgan fingerprint density at radius 2 is 2.32 bits per heavy atom. The van der Waals surface area contributed by atoms with E-state index in [1.54, 1.807) is 0 Å². The van der Waals surface area contributed by atoms with E-state index in [-0.39, 0.29) is 0 Å². The molecule has 1 aliphatic rings. The normalized spacial score (nSPS) is 19.3. The highest BCUT2D eigenvalue weighted by Gasteiger charge is 2.15. The van der Waals surface area contributed by atoms with Crippen molar-refractivity contribution in [2.24, 2.45) is 0 Å². The molecular formula is C15H21N3S. The number of nitrogens with zero attached hydrogens (tertiary/aromatic N) is 2. The van der Waals surface area contributed by atoms with Gasteiger partial charge in [-0.05, 0) is 31.2 Å². The van der Waals surface area contributed by atoms with Gasteiger partial charge in [0.05, 0.1) is 11.0 Å². The topological polar surface area (TPSA) is 29.9 Å². The minimum Gasteiger partial charge on any atom is -0.328 e. The molecular weight excluding hydrogens is 254 g/mol. The zero-order valence-corrected chi connectivity index (χ0v) is 12.2. The Hall–Kier alpha value is -1.00. The quantitative estimate of drug-likeness (QED) is 0.910. The van der Waals surface area contributed by atoms with Crippen LogP contribution in [0, 0.1) is 0 Å². The summed E-state index contributed by atoms with van der Waals surface area (Å²) in [5.41, 5.74) is 2.38. The Kier molecular flexibility index (Phi) is 4.09. The van der Waals surface area contributed by atoms with E-state index >= 15 is 0 Å². The largest absolute Gasteiger partial charge is 0.328 e. The molecule has 0 aliphatic carbocycles. The summed E-state index contributed by atoms with van der Waals surface area (Å²) in [6, 6.07) is 9.13. The fraction of sp³-hybridized carbons (Fsp3) is 0.533. The average Bonchev–Trinajstić information content (AvgIpc) is 3.05. The highest BCUT2D eigenvalue weighted by molar-refractivity contribution is 7.99. The standard InChI is InChI=1S/C15H21N3S/c1-2-18-14-6-4-3-5-13(14)17-15(18)7-9-16-12-8-10-19-11-12/h3-6,12,16H,2,7-11H2,1H3. The van der Waals surface area contributed by atoms with Crippen molar-refractivity contribution in [3.05, 3.63) is 30.1 Å². The number of hydrogen-bond donors (Lipinski definition) is 1. The number of hydrogen-bond acceptors (Lipinski definition) is 3. The molecule has 1 aromatic carbocycles. The molecule has 0 spiro atoms. The van der Waals surface area contributed by atoms with Gasteiger partial charge in [-0.1, -0.05) is 12.1 Å². The van der Waals surface area contributed by atoms with Crippen molar-refractivity contribution in [3.63, 3.8) is 0 Å². The highest BCUT2D eigenvalue weighted by Crippen LogP contribution is 2.18. The lowest BCUT2D eigenvalue weighted by atomic mass is 10.2. The van der Waals surface area contributed by atoms with Gasteiger partial charge in [0.1, 0.15) is 5.82 Å². The minimum absolute atomic E-state index is 0.712. The van der Waals surface area contributed by atoms with Crippen LogP contribution in [0.5, 0.6) is 0 Å². The van der Waals surface area contributed by atoms with Crippen LogP contribution >= 0.6 is 11.8 Å². The SMILES string of the molecule is CCn1c(CCNC2CCSC2)nc2ccccc21. The van der Waals surface area contributed by atoms with Crippen LogP contribution in [0.25, 0.3) is 11.0 Å². The summed E-state index contributed by atoms with van der Waals surface area (Å²) in [6.07, 6.45) is 2.33. The second kappa shape index (κ2) is 5.97. The van der Waals surface area contributed by atoms with Gasteiger partial charge in [0, 0.05) is 31.3 Å². The van der Waals surface area contributed by atoms with E-state index < -0.39 is 0 Å². The van der Waals surface area contributed by atoms with Crippen LogP contribution in [0.3, 0.4) is 0 Å². The number of aromatic nitrogens is 2. The number of rotatable bonds is 5. The molecule has 1 fully saturated rings. The van der Waals surface area contributed by atoms with Crippen molar-refractivity contribution < 1.29 is 0 Å². The number of nitrogens with one attached hydrogen (secondary N) is 1. The molecule has 1 unspecified atom stereocenters. The first-order chi connectivity index (χ1) is 9.38. The highest BCUT2D eigenvalue weighted by atomic mass is 32.2. The molecule has 1 atom stereocenters. The number of fused-ring (bicyclic) bond motifs is 1. The van der Waals surface area contributed by atoms with Crippen LogP contribution in [0.1, 0.15) is 19.2 Å². The van der Waals surface area contributed by atoms with Gasteiger partial charge < -0.3 is 9.88 Å². The zero-order chi connectivity index (χ0) is 13.1. The van der Waals surface area contributed by atoms with Crippen LogP contribution in [-0.4, -0.2) is 33.6 Å². The average molecular weight is 275 g/mol. The predicted octanol–water partition coefficient (Wildman–Crippen LogP) is 2.69. The molecule has 0 saturated carbocycles. The van der Waals surface area contributed by atoms with E-state index in [0.29, 0.717) is 6.04 Å². The van der Waals surface area contributed by atoms with E-state index in [0.717, 1.165) is 25.0 Å². The van der Waals surface area contributed by atoms with Crippen molar-refractivity contribution in [3.8, 4) is 0 Å². The second-order valence-electron chi connectivity index (χ2n) is 5.03. The maximum atomic E-state index is 4.77. The van der Waals surface area contributed by atoms with Crippen molar-refractivity contribution in [1.82, 2.24) is 14.9 Å². The fourth-order valence-electron chi connectivity index (χ4n) is 2.75. The Bertz CT molecular complexity index is 543. The first kappa shape index (κ1) is 13.0. The summed E-state index contributed by atoms with van der Waals surface area (Å²) in [5, 5.41) is 3.65. The van der Waals surface area contributed by atoms with Crippen LogP contribution in [0.15, 0.2) is 24.3 Å². The number of imidazole rings is 1. The number of para-hydroxylation sites is 2. The number of benzene rings is 1. The first-order valence-electron chi connectivity index (χ1n) is 7.13. The molecule has 1 N–H and O–H groups in total. The Morgan fingerprint density at radius 1 is 1.42 bits per heavy atom. The Morgan fingerprint density at radius 3 is 3.11 bits per heavy atom. The molecule has 1 aromatic heterocycles. The maximum absolute atomic E-state index is 4.77.